The first kappa shape index (κ1) is 19.9. The summed E-state index contributed by atoms with van der Waals surface area (Å²) in [6.07, 6.45) is 2.32. The molecule has 1 amide bonds. The minimum absolute atomic E-state index is 0.0854. The number of thioether (sulfide) groups is 1. The summed E-state index contributed by atoms with van der Waals surface area (Å²) in [4.78, 5) is 12.8. The maximum absolute atomic E-state index is 13.1. The lowest BCUT2D eigenvalue weighted by Gasteiger charge is -2.24. The van der Waals surface area contributed by atoms with Gasteiger partial charge in [-0.1, -0.05) is 24.6 Å². The van der Waals surface area contributed by atoms with Crippen LogP contribution in [0.5, 0.6) is 0 Å². The lowest BCUT2D eigenvalue weighted by atomic mass is 10.2. The molecule has 3 rings (SSSR count). The second-order valence-electron chi connectivity index (χ2n) is 6.45. The molecule has 0 bridgehead atoms. The minimum atomic E-state index is -3.81. The number of benzene rings is 1. The third-order valence-corrected chi connectivity index (χ3v) is 7.07. The first-order valence-corrected chi connectivity index (χ1v) is 11.5. The number of aromatic nitrogens is 2. The summed E-state index contributed by atoms with van der Waals surface area (Å²) in [7, 11) is -3.81. The first-order chi connectivity index (χ1) is 12.9. The van der Waals surface area contributed by atoms with Crippen molar-refractivity contribution in [2.24, 2.45) is 0 Å². The molecule has 2 aromatic rings. The highest BCUT2D eigenvalue weighted by molar-refractivity contribution is 7.99. The van der Waals surface area contributed by atoms with Gasteiger partial charge in [-0.2, -0.15) is 21.2 Å². The van der Waals surface area contributed by atoms with Crippen LogP contribution in [0.2, 0.25) is 0 Å². The lowest BCUT2D eigenvalue weighted by Crippen LogP contribution is -2.38. The number of hydrogen-bond acceptors (Lipinski definition) is 5. The molecule has 1 fully saturated rings. The van der Waals surface area contributed by atoms with Crippen molar-refractivity contribution in [3.63, 3.8) is 0 Å². The summed E-state index contributed by atoms with van der Waals surface area (Å²) in [6.45, 7) is 5.36. The number of nitrogens with one attached hydrogen (secondary N) is 1. The third-order valence-electron chi connectivity index (χ3n) is 4.29. The molecule has 1 aliphatic rings. The summed E-state index contributed by atoms with van der Waals surface area (Å²) in [6, 6.07) is 7.36. The summed E-state index contributed by atoms with van der Waals surface area (Å²) in [5, 5.41) is 6.86. The molecule has 9 heteroatoms. The van der Waals surface area contributed by atoms with Crippen molar-refractivity contribution in [2.75, 3.05) is 29.9 Å². The van der Waals surface area contributed by atoms with Crippen molar-refractivity contribution >= 4 is 33.4 Å². The van der Waals surface area contributed by atoms with Crippen molar-refractivity contribution in [3.8, 4) is 0 Å². The van der Waals surface area contributed by atoms with Crippen molar-refractivity contribution in [1.29, 1.82) is 0 Å². The van der Waals surface area contributed by atoms with Crippen LogP contribution in [0.4, 0.5) is 5.69 Å². The summed E-state index contributed by atoms with van der Waals surface area (Å²) in [5.41, 5.74) is 1.78. The molecule has 0 saturated carbocycles. The summed E-state index contributed by atoms with van der Waals surface area (Å²) >= 11 is 1.73. The molecule has 7 nitrogen and oxygen atoms in total. The van der Waals surface area contributed by atoms with E-state index in [0.29, 0.717) is 25.3 Å². The zero-order valence-corrected chi connectivity index (χ0v) is 17.1. The van der Waals surface area contributed by atoms with Gasteiger partial charge in [0.2, 0.25) is 5.03 Å². The van der Waals surface area contributed by atoms with Crippen LogP contribution in [0.15, 0.2) is 35.5 Å². The van der Waals surface area contributed by atoms with Gasteiger partial charge in [-0.15, -0.1) is 0 Å². The highest BCUT2D eigenvalue weighted by atomic mass is 32.2. The van der Waals surface area contributed by atoms with Crippen LogP contribution < -0.4 is 5.32 Å². The van der Waals surface area contributed by atoms with E-state index >= 15 is 0 Å². The van der Waals surface area contributed by atoms with Gasteiger partial charge in [0.05, 0.1) is 5.56 Å². The quantitative estimate of drug-likeness (QED) is 0.794. The molecule has 0 unspecified atom stereocenters. The Bertz CT molecular complexity index is 901. The fourth-order valence-corrected chi connectivity index (χ4v) is 5.51. The van der Waals surface area contributed by atoms with Gasteiger partial charge in [0.1, 0.15) is 0 Å². The van der Waals surface area contributed by atoms with Crippen LogP contribution in [0.25, 0.3) is 0 Å². The van der Waals surface area contributed by atoms with E-state index in [0.717, 1.165) is 23.5 Å². The summed E-state index contributed by atoms with van der Waals surface area (Å²) < 4.78 is 29.1. The fourth-order valence-electron chi connectivity index (χ4n) is 2.84. The van der Waals surface area contributed by atoms with Crippen LogP contribution in [-0.2, 0) is 16.6 Å². The van der Waals surface area contributed by atoms with Crippen LogP contribution >= 0.6 is 11.8 Å². The standard InChI is InChI=1S/C18H24N4O3S2/c1-3-8-21-13-16(17(23)19-15-6-4-14(2)5-7-15)18(20-21)27(24,25)22-9-11-26-12-10-22/h4-7,13H,3,8-12H2,1-2H3,(H,19,23). The van der Waals surface area contributed by atoms with Crippen LogP contribution in [-0.4, -0.2) is 53.0 Å². The van der Waals surface area contributed by atoms with E-state index in [2.05, 4.69) is 10.4 Å². The molecule has 0 spiro atoms. The normalized spacial score (nSPS) is 15.6. The average Bonchev–Trinajstić information content (AvgIpc) is 3.10. The maximum Gasteiger partial charge on any atom is 0.263 e. The second-order valence-corrected chi connectivity index (χ2v) is 9.53. The van der Waals surface area contributed by atoms with E-state index in [1.165, 1.54) is 15.2 Å². The van der Waals surface area contributed by atoms with Gasteiger partial charge >= 0.3 is 0 Å². The monoisotopic (exact) mass is 408 g/mol. The van der Waals surface area contributed by atoms with E-state index in [-0.39, 0.29) is 10.6 Å². The number of anilines is 1. The zero-order valence-electron chi connectivity index (χ0n) is 15.5. The van der Waals surface area contributed by atoms with Gasteiger partial charge in [0.15, 0.2) is 0 Å². The predicted octanol–water partition coefficient (Wildman–Crippen LogP) is 2.59. The first-order valence-electron chi connectivity index (χ1n) is 8.95. The number of hydrogen-bond donors (Lipinski definition) is 1. The Balaban J connectivity index is 1.93. The highest BCUT2D eigenvalue weighted by Crippen LogP contribution is 2.23. The van der Waals surface area contributed by atoms with Crippen molar-refractivity contribution < 1.29 is 13.2 Å². The van der Waals surface area contributed by atoms with Crippen molar-refractivity contribution in [3.05, 3.63) is 41.6 Å². The van der Waals surface area contributed by atoms with Crippen molar-refractivity contribution in [2.45, 2.75) is 31.8 Å². The van der Waals surface area contributed by atoms with Gasteiger partial charge in [0.25, 0.3) is 15.9 Å². The van der Waals surface area contributed by atoms with E-state index in [4.69, 9.17) is 0 Å². The topological polar surface area (TPSA) is 84.3 Å². The van der Waals surface area contributed by atoms with Crippen LogP contribution in [0.3, 0.4) is 0 Å². The smallest absolute Gasteiger partial charge is 0.263 e. The van der Waals surface area contributed by atoms with Crippen LogP contribution in [0, 0.1) is 6.92 Å². The average molecular weight is 409 g/mol. The predicted molar refractivity (Wildman–Crippen MR) is 108 cm³/mol. The SMILES string of the molecule is CCCn1cc(C(=O)Nc2ccc(C)cc2)c(S(=O)(=O)N2CCSCC2)n1. The molecule has 0 atom stereocenters. The van der Waals surface area contributed by atoms with Gasteiger partial charge in [-0.3, -0.25) is 9.48 Å². The molecule has 0 radical (unpaired) electrons. The Morgan fingerprint density at radius 1 is 1.22 bits per heavy atom. The second kappa shape index (κ2) is 8.45. The van der Waals surface area contributed by atoms with Gasteiger partial charge in [0, 0.05) is 43.0 Å². The molecule has 1 N–H and O–H groups in total. The molecule has 1 saturated heterocycles. The molecular weight excluding hydrogens is 384 g/mol. The Labute approximate surface area is 164 Å². The van der Waals surface area contributed by atoms with E-state index < -0.39 is 15.9 Å². The Morgan fingerprint density at radius 3 is 2.52 bits per heavy atom. The van der Waals surface area contributed by atoms with Gasteiger partial charge in [-0.25, -0.2) is 8.42 Å². The number of amides is 1. The molecular formula is C18H24N4O3S2. The van der Waals surface area contributed by atoms with E-state index in [1.54, 1.807) is 23.9 Å². The number of aryl methyl sites for hydroxylation is 2. The summed E-state index contributed by atoms with van der Waals surface area (Å²) in [5.74, 6) is 1.03. The Kier molecular flexibility index (Phi) is 6.23. The molecule has 146 valence electrons. The Hall–Kier alpha value is -1.84. The molecule has 1 aliphatic heterocycles. The lowest BCUT2D eigenvalue weighted by molar-refractivity contribution is 0.102. The Morgan fingerprint density at radius 2 is 1.89 bits per heavy atom. The molecule has 0 aliphatic carbocycles. The largest absolute Gasteiger partial charge is 0.322 e. The number of rotatable bonds is 6. The fraction of sp³-hybridized carbons (Fsp3) is 0.444. The van der Waals surface area contributed by atoms with Gasteiger partial charge in [-0.05, 0) is 25.5 Å². The molecule has 2 heterocycles. The zero-order chi connectivity index (χ0) is 19.4. The number of carbonyl (C=O) groups is 1. The number of carbonyl (C=O) groups excluding carboxylic acids is 1. The number of nitrogens with zero attached hydrogens (tertiary/aromatic N) is 3. The third kappa shape index (κ3) is 4.53. The maximum atomic E-state index is 13.1. The van der Waals surface area contributed by atoms with Crippen molar-refractivity contribution in [1.82, 2.24) is 14.1 Å². The van der Waals surface area contributed by atoms with Gasteiger partial charge < -0.3 is 5.32 Å². The van der Waals surface area contributed by atoms with E-state index in [9.17, 15) is 13.2 Å². The molecule has 1 aromatic heterocycles. The van der Waals surface area contributed by atoms with E-state index in [1.807, 2.05) is 26.0 Å². The highest BCUT2D eigenvalue weighted by Gasteiger charge is 2.33. The minimum Gasteiger partial charge on any atom is -0.322 e. The number of sulfonamides is 1. The molecule has 27 heavy (non-hydrogen) atoms. The molecule has 1 aromatic carbocycles. The van der Waals surface area contributed by atoms with Crippen LogP contribution in [0.1, 0.15) is 29.3 Å².